The summed E-state index contributed by atoms with van der Waals surface area (Å²) in [6.07, 6.45) is 6.39. The second-order valence-corrected chi connectivity index (χ2v) is 9.29. The first-order valence-corrected chi connectivity index (χ1v) is 11.9. The summed E-state index contributed by atoms with van der Waals surface area (Å²) in [4.78, 5) is 30.2. The molecule has 0 unspecified atom stereocenters. The van der Waals surface area contributed by atoms with Crippen molar-refractivity contribution in [3.63, 3.8) is 0 Å². The Hall–Kier alpha value is -3.61. The summed E-state index contributed by atoms with van der Waals surface area (Å²) in [6, 6.07) is 16.5. The average molecular weight is 459 g/mol. The molecule has 0 spiro atoms. The summed E-state index contributed by atoms with van der Waals surface area (Å²) < 4.78 is 10.5. The molecule has 0 saturated heterocycles. The van der Waals surface area contributed by atoms with E-state index in [0.717, 1.165) is 15.7 Å². The van der Waals surface area contributed by atoms with Crippen molar-refractivity contribution in [1.29, 1.82) is 0 Å². The average Bonchev–Trinajstić information content (AvgIpc) is 3.21. The number of aromatic nitrogens is 4. The lowest BCUT2D eigenvalue weighted by molar-refractivity contribution is 0.419. The fourth-order valence-electron chi connectivity index (χ4n) is 4.96. The van der Waals surface area contributed by atoms with E-state index in [9.17, 15) is 9.59 Å². The number of nitrogens with zero attached hydrogens (tertiary/aromatic N) is 4. The molecule has 176 valence electrons. The van der Waals surface area contributed by atoms with Gasteiger partial charge in [0, 0.05) is 14.1 Å². The zero-order valence-electron chi connectivity index (χ0n) is 20.0. The number of imidazole rings is 1. The highest BCUT2D eigenvalue weighted by atomic mass is 16.5. The van der Waals surface area contributed by atoms with Crippen LogP contribution >= 0.6 is 0 Å². The van der Waals surface area contributed by atoms with Gasteiger partial charge in [-0.2, -0.15) is 4.98 Å². The minimum atomic E-state index is -0.415. The van der Waals surface area contributed by atoms with Crippen LogP contribution in [0.4, 0.5) is 0 Å². The second kappa shape index (κ2) is 8.97. The fraction of sp³-hybridized carbons (Fsp3) is 0.370. The highest BCUT2D eigenvalue weighted by molar-refractivity contribution is 5.72. The van der Waals surface area contributed by atoms with Crippen LogP contribution in [0.25, 0.3) is 11.2 Å². The van der Waals surface area contributed by atoms with Gasteiger partial charge in [-0.25, -0.2) is 4.79 Å². The third-order valence-corrected chi connectivity index (χ3v) is 7.07. The van der Waals surface area contributed by atoms with Gasteiger partial charge in [-0.05, 0) is 54.5 Å². The van der Waals surface area contributed by atoms with Gasteiger partial charge in [0.05, 0.1) is 6.54 Å². The Morgan fingerprint density at radius 3 is 2.35 bits per heavy atom. The minimum Gasteiger partial charge on any atom is -0.425 e. The highest BCUT2D eigenvalue weighted by Gasteiger charge is 2.22. The minimum absolute atomic E-state index is 0.293. The third kappa shape index (κ3) is 3.95. The number of hydrogen-bond donors (Lipinski definition) is 0. The lowest BCUT2D eigenvalue weighted by atomic mass is 9.84. The summed E-state index contributed by atoms with van der Waals surface area (Å²) in [5, 5.41) is 0. The van der Waals surface area contributed by atoms with Crippen molar-refractivity contribution in [3.05, 3.63) is 86.1 Å². The Balaban J connectivity index is 1.58. The maximum absolute atomic E-state index is 13.1. The van der Waals surface area contributed by atoms with E-state index in [2.05, 4.69) is 17.1 Å². The predicted molar refractivity (Wildman–Crippen MR) is 133 cm³/mol. The summed E-state index contributed by atoms with van der Waals surface area (Å²) in [5.41, 5.74) is 3.36. The summed E-state index contributed by atoms with van der Waals surface area (Å²) in [6.45, 7) is 2.44. The zero-order valence-corrected chi connectivity index (χ0v) is 20.0. The van der Waals surface area contributed by atoms with Crippen LogP contribution in [0, 0.1) is 6.92 Å². The van der Waals surface area contributed by atoms with Gasteiger partial charge in [0.15, 0.2) is 11.2 Å². The highest BCUT2D eigenvalue weighted by Crippen LogP contribution is 2.34. The van der Waals surface area contributed by atoms with Gasteiger partial charge < -0.3 is 4.74 Å². The molecule has 0 aliphatic heterocycles. The Morgan fingerprint density at radius 2 is 1.65 bits per heavy atom. The van der Waals surface area contributed by atoms with E-state index in [0.29, 0.717) is 35.4 Å². The first kappa shape index (κ1) is 22.2. The summed E-state index contributed by atoms with van der Waals surface area (Å²) >= 11 is 0. The smallest absolute Gasteiger partial charge is 0.332 e. The normalized spacial score (nSPS) is 14.6. The molecule has 34 heavy (non-hydrogen) atoms. The largest absolute Gasteiger partial charge is 0.425 e. The van der Waals surface area contributed by atoms with Gasteiger partial charge in [-0.3, -0.25) is 18.5 Å². The van der Waals surface area contributed by atoms with Crippen molar-refractivity contribution in [2.75, 3.05) is 0 Å². The molecule has 1 aliphatic rings. The zero-order chi connectivity index (χ0) is 23.8. The molecule has 4 aromatic rings. The van der Waals surface area contributed by atoms with Crippen molar-refractivity contribution in [2.24, 2.45) is 14.1 Å². The van der Waals surface area contributed by atoms with E-state index in [4.69, 9.17) is 4.74 Å². The predicted octanol–water partition coefficient (Wildman–Crippen LogP) is 4.63. The number of rotatable bonds is 5. The molecule has 7 nitrogen and oxygen atoms in total. The van der Waals surface area contributed by atoms with Gasteiger partial charge in [0.2, 0.25) is 0 Å². The van der Waals surface area contributed by atoms with Crippen LogP contribution < -0.4 is 16.0 Å². The number of aryl methyl sites for hydroxylation is 2. The molecule has 0 radical (unpaired) electrons. The van der Waals surface area contributed by atoms with Gasteiger partial charge in [0.25, 0.3) is 5.56 Å². The molecule has 1 aliphatic carbocycles. The molecule has 5 rings (SSSR count). The monoisotopic (exact) mass is 458 g/mol. The SMILES string of the molecule is Cc1ccccc1Cn1c(Oc2ccc(C3CCCCC3)cc2)nc2c1c(=O)n(C)c(=O)n2C. The molecule has 1 fully saturated rings. The van der Waals surface area contributed by atoms with E-state index >= 15 is 0 Å². The number of fused-ring (bicyclic) bond motifs is 1. The Labute approximate surface area is 198 Å². The van der Waals surface area contributed by atoms with Crippen molar-refractivity contribution in [3.8, 4) is 11.8 Å². The van der Waals surface area contributed by atoms with Crippen molar-refractivity contribution >= 4 is 11.2 Å². The first-order valence-electron chi connectivity index (χ1n) is 11.9. The fourth-order valence-corrected chi connectivity index (χ4v) is 4.96. The van der Waals surface area contributed by atoms with E-state index in [1.165, 1.54) is 49.3 Å². The van der Waals surface area contributed by atoms with Gasteiger partial charge in [-0.1, -0.05) is 55.7 Å². The molecule has 2 heterocycles. The van der Waals surface area contributed by atoms with Crippen molar-refractivity contribution < 1.29 is 4.74 Å². The quantitative estimate of drug-likeness (QED) is 0.437. The molecule has 7 heteroatoms. The topological polar surface area (TPSA) is 71.1 Å². The van der Waals surface area contributed by atoms with E-state index in [1.54, 1.807) is 11.6 Å². The summed E-state index contributed by atoms with van der Waals surface area (Å²) in [7, 11) is 3.11. The van der Waals surface area contributed by atoms with Crippen LogP contribution in [-0.4, -0.2) is 18.7 Å². The van der Waals surface area contributed by atoms with Crippen LogP contribution in [-0.2, 0) is 20.6 Å². The lowest BCUT2D eigenvalue weighted by Crippen LogP contribution is -2.37. The molecule has 0 amide bonds. The van der Waals surface area contributed by atoms with Gasteiger partial charge >= 0.3 is 11.7 Å². The Bertz CT molecular complexity index is 1450. The van der Waals surface area contributed by atoms with Crippen molar-refractivity contribution in [2.45, 2.75) is 51.5 Å². The first-order chi connectivity index (χ1) is 16.4. The molecule has 2 aromatic heterocycles. The molecular weight excluding hydrogens is 428 g/mol. The molecule has 2 aromatic carbocycles. The van der Waals surface area contributed by atoms with Crippen LogP contribution in [0.1, 0.15) is 54.7 Å². The van der Waals surface area contributed by atoms with Crippen LogP contribution in [0.2, 0.25) is 0 Å². The number of benzene rings is 2. The van der Waals surface area contributed by atoms with Crippen LogP contribution in [0.15, 0.2) is 58.1 Å². The maximum Gasteiger partial charge on any atom is 0.332 e. The van der Waals surface area contributed by atoms with Crippen molar-refractivity contribution in [1.82, 2.24) is 18.7 Å². The summed E-state index contributed by atoms with van der Waals surface area (Å²) in [5.74, 6) is 1.27. The standard InChI is InChI=1S/C27H30N4O3/c1-18-9-7-8-12-21(18)17-31-23-24(29(2)27(33)30(3)25(23)32)28-26(31)34-22-15-13-20(14-16-22)19-10-5-4-6-11-19/h7-9,12-16,19H,4-6,10-11,17H2,1-3H3. The molecule has 0 atom stereocenters. The third-order valence-electron chi connectivity index (χ3n) is 7.07. The second-order valence-electron chi connectivity index (χ2n) is 9.29. The van der Waals surface area contributed by atoms with E-state index in [1.807, 2.05) is 43.3 Å². The van der Waals surface area contributed by atoms with Crippen LogP contribution in [0.3, 0.4) is 0 Å². The van der Waals surface area contributed by atoms with E-state index < -0.39 is 5.69 Å². The van der Waals surface area contributed by atoms with Gasteiger partial charge in [-0.15, -0.1) is 0 Å². The number of ether oxygens (including phenoxy) is 1. The Morgan fingerprint density at radius 1 is 0.941 bits per heavy atom. The van der Waals surface area contributed by atoms with Gasteiger partial charge in [0.1, 0.15) is 5.75 Å². The maximum atomic E-state index is 13.1. The molecular formula is C27H30N4O3. The Kier molecular flexibility index (Phi) is 5.86. The lowest BCUT2D eigenvalue weighted by Gasteiger charge is -2.22. The molecule has 0 bridgehead atoms. The van der Waals surface area contributed by atoms with E-state index in [-0.39, 0.29) is 5.56 Å². The van der Waals surface area contributed by atoms with Crippen LogP contribution in [0.5, 0.6) is 11.8 Å². The molecule has 1 saturated carbocycles. The number of hydrogen-bond acceptors (Lipinski definition) is 4. The molecule has 0 N–H and O–H groups in total.